The van der Waals surface area contributed by atoms with E-state index in [-0.39, 0.29) is 0 Å². The number of furan rings is 1. The summed E-state index contributed by atoms with van der Waals surface area (Å²) >= 11 is 0. The van der Waals surface area contributed by atoms with E-state index in [0.29, 0.717) is 0 Å². The molecule has 2 heterocycles. The van der Waals surface area contributed by atoms with Crippen molar-refractivity contribution in [1.29, 1.82) is 0 Å². The third kappa shape index (κ3) is 2.60. The molecule has 5 aromatic carbocycles. The minimum absolute atomic E-state index is 0.929. The quantitative estimate of drug-likeness (QED) is 0.304. The molecule has 0 spiro atoms. The van der Waals surface area contributed by atoms with Gasteiger partial charge in [-0.1, -0.05) is 78.9 Å². The third-order valence-corrected chi connectivity index (χ3v) is 6.43. The van der Waals surface area contributed by atoms with Crippen LogP contribution in [0.25, 0.3) is 66.0 Å². The van der Waals surface area contributed by atoms with Gasteiger partial charge in [0.2, 0.25) is 0 Å². The second kappa shape index (κ2) is 6.60. The molecule has 0 radical (unpaired) electrons. The summed E-state index contributed by atoms with van der Waals surface area (Å²) in [5.74, 6) is 0. The van der Waals surface area contributed by atoms with Gasteiger partial charge in [0.05, 0.1) is 0 Å². The van der Waals surface area contributed by atoms with Gasteiger partial charge in [0.15, 0.2) is 0 Å². The molecule has 0 unspecified atom stereocenters. The molecule has 0 saturated heterocycles. The molecule has 7 rings (SSSR count). The number of aromatic nitrogens is 1. The summed E-state index contributed by atoms with van der Waals surface area (Å²) in [6.07, 6.45) is 0. The van der Waals surface area contributed by atoms with Crippen LogP contribution in [0.1, 0.15) is 0 Å². The monoisotopic (exact) mass is 409 g/mol. The van der Waals surface area contributed by atoms with E-state index in [1.807, 2.05) is 12.1 Å². The molecule has 0 fully saturated rings. The molecule has 2 heteroatoms. The number of H-pyrrole nitrogens is 1. The van der Waals surface area contributed by atoms with Crippen molar-refractivity contribution in [1.82, 2.24) is 4.98 Å². The van der Waals surface area contributed by atoms with E-state index >= 15 is 0 Å². The fraction of sp³-hybridized carbons (Fsp3) is 0. The molecule has 2 aromatic heterocycles. The number of fused-ring (bicyclic) bond motifs is 6. The highest BCUT2D eigenvalue weighted by Gasteiger charge is 2.09. The maximum Gasteiger partial charge on any atom is 0.135 e. The molecule has 0 bridgehead atoms. The molecule has 1 N–H and O–H groups in total. The molecule has 0 aliphatic rings. The summed E-state index contributed by atoms with van der Waals surface area (Å²) in [7, 11) is 0. The van der Waals surface area contributed by atoms with Gasteiger partial charge in [0.1, 0.15) is 11.2 Å². The number of hydrogen-bond donors (Lipinski definition) is 1. The van der Waals surface area contributed by atoms with Gasteiger partial charge in [0, 0.05) is 32.6 Å². The van der Waals surface area contributed by atoms with Gasteiger partial charge in [-0.15, -0.1) is 0 Å². The normalized spacial score (nSPS) is 11.8. The number of hydrogen-bond acceptors (Lipinski definition) is 1. The van der Waals surface area contributed by atoms with Gasteiger partial charge in [0.25, 0.3) is 0 Å². The predicted molar refractivity (Wildman–Crippen MR) is 134 cm³/mol. The first kappa shape index (κ1) is 17.4. The average Bonchev–Trinajstić information content (AvgIpc) is 3.41. The Balaban J connectivity index is 1.28. The van der Waals surface area contributed by atoms with Crippen LogP contribution in [0, 0.1) is 0 Å². The summed E-state index contributed by atoms with van der Waals surface area (Å²) in [4.78, 5) is 3.55. The lowest BCUT2D eigenvalue weighted by molar-refractivity contribution is 0.669. The molecule has 0 aliphatic heterocycles. The minimum atomic E-state index is 0.929. The second-order valence-corrected chi connectivity index (χ2v) is 8.32. The van der Waals surface area contributed by atoms with Crippen molar-refractivity contribution >= 4 is 43.7 Å². The Bertz CT molecular complexity index is 1770. The lowest BCUT2D eigenvalue weighted by Gasteiger charge is -2.06. The Labute approximate surface area is 184 Å². The highest BCUT2D eigenvalue weighted by atomic mass is 16.3. The largest absolute Gasteiger partial charge is 0.456 e. The van der Waals surface area contributed by atoms with Crippen LogP contribution in [0.2, 0.25) is 0 Å². The van der Waals surface area contributed by atoms with Crippen molar-refractivity contribution in [2.45, 2.75) is 0 Å². The Hall–Kier alpha value is -4.30. The smallest absolute Gasteiger partial charge is 0.135 e. The maximum atomic E-state index is 5.97. The Morgan fingerprint density at radius 1 is 0.406 bits per heavy atom. The van der Waals surface area contributed by atoms with Crippen molar-refractivity contribution in [2.24, 2.45) is 0 Å². The lowest BCUT2D eigenvalue weighted by Crippen LogP contribution is -1.81. The molecule has 0 saturated carbocycles. The van der Waals surface area contributed by atoms with Crippen molar-refractivity contribution < 1.29 is 4.42 Å². The summed E-state index contributed by atoms with van der Waals surface area (Å²) in [6.45, 7) is 0. The van der Waals surface area contributed by atoms with Gasteiger partial charge in [-0.2, -0.15) is 0 Å². The average molecular weight is 409 g/mol. The van der Waals surface area contributed by atoms with E-state index < -0.39 is 0 Å². The Morgan fingerprint density at radius 3 is 1.84 bits per heavy atom. The second-order valence-electron chi connectivity index (χ2n) is 8.32. The Morgan fingerprint density at radius 2 is 1.00 bits per heavy atom. The van der Waals surface area contributed by atoms with Crippen molar-refractivity contribution in [3.63, 3.8) is 0 Å². The molecule has 0 aliphatic carbocycles. The molecule has 0 amide bonds. The van der Waals surface area contributed by atoms with Crippen LogP contribution in [0.5, 0.6) is 0 Å². The molecular weight excluding hydrogens is 390 g/mol. The summed E-state index contributed by atoms with van der Waals surface area (Å²) < 4.78 is 5.97. The van der Waals surface area contributed by atoms with E-state index in [0.717, 1.165) is 21.9 Å². The van der Waals surface area contributed by atoms with E-state index in [9.17, 15) is 0 Å². The number of rotatable bonds is 2. The molecular formula is C30H19NO. The fourth-order valence-corrected chi connectivity index (χ4v) is 4.79. The zero-order valence-corrected chi connectivity index (χ0v) is 17.3. The van der Waals surface area contributed by atoms with Gasteiger partial charge in [-0.05, 0) is 52.6 Å². The first-order valence-corrected chi connectivity index (χ1v) is 10.9. The van der Waals surface area contributed by atoms with Crippen LogP contribution in [0.15, 0.2) is 114 Å². The van der Waals surface area contributed by atoms with Gasteiger partial charge in [-0.3, -0.25) is 0 Å². The van der Waals surface area contributed by atoms with E-state index in [4.69, 9.17) is 4.42 Å². The van der Waals surface area contributed by atoms with Crippen molar-refractivity contribution in [3.8, 4) is 22.3 Å². The minimum Gasteiger partial charge on any atom is -0.456 e. The molecule has 0 atom stereocenters. The van der Waals surface area contributed by atoms with Crippen LogP contribution in [-0.4, -0.2) is 4.98 Å². The highest BCUT2D eigenvalue weighted by Crippen LogP contribution is 2.34. The number of benzene rings is 5. The van der Waals surface area contributed by atoms with Gasteiger partial charge >= 0.3 is 0 Å². The van der Waals surface area contributed by atoms with Gasteiger partial charge < -0.3 is 9.40 Å². The van der Waals surface area contributed by atoms with Crippen molar-refractivity contribution in [3.05, 3.63) is 109 Å². The zero-order valence-electron chi connectivity index (χ0n) is 17.3. The zero-order chi connectivity index (χ0) is 21.1. The molecule has 32 heavy (non-hydrogen) atoms. The van der Waals surface area contributed by atoms with Crippen LogP contribution >= 0.6 is 0 Å². The SMILES string of the molecule is c1ccc2c(c1)[nH]c1cc(-c3ccc(-c4ccc5oc6ccccc6c5c4)cc3)ccc12. The Kier molecular flexibility index (Phi) is 3.58. The number of aromatic amines is 1. The van der Waals surface area contributed by atoms with Crippen molar-refractivity contribution in [2.75, 3.05) is 0 Å². The van der Waals surface area contributed by atoms with Crippen LogP contribution in [0.4, 0.5) is 0 Å². The molecule has 150 valence electrons. The predicted octanol–water partition coefficient (Wildman–Crippen LogP) is 8.55. The first-order valence-electron chi connectivity index (χ1n) is 10.9. The molecule has 7 aromatic rings. The van der Waals surface area contributed by atoms with Crippen LogP contribution < -0.4 is 0 Å². The summed E-state index contributed by atoms with van der Waals surface area (Å²) in [5.41, 5.74) is 9.04. The number of para-hydroxylation sites is 2. The maximum absolute atomic E-state index is 5.97. The van der Waals surface area contributed by atoms with Crippen LogP contribution in [0.3, 0.4) is 0 Å². The van der Waals surface area contributed by atoms with Gasteiger partial charge in [-0.25, -0.2) is 0 Å². The first-order chi connectivity index (χ1) is 15.8. The lowest BCUT2D eigenvalue weighted by atomic mass is 9.98. The number of nitrogens with one attached hydrogen (secondary N) is 1. The van der Waals surface area contributed by atoms with E-state index in [1.165, 1.54) is 44.1 Å². The van der Waals surface area contributed by atoms with Crippen LogP contribution in [-0.2, 0) is 0 Å². The van der Waals surface area contributed by atoms with E-state index in [1.54, 1.807) is 0 Å². The third-order valence-electron chi connectivity index (χ3n) is 6.43. The van der Waals surface area contributed by atoms with E-state index in [2.05, 4.69) is 102 Å². The fourth-order valence-electron chi connectivity index (χ4n) is 4.79. The standard InChI is InChI=1S/C30H19NO/c1-3-7-27-23(5-1)24-15-13-22(18-28(24)31-27)20-11-9-19(10-12-20)21-14-16-30-26(17-21)25-6-2-4-8-29(25)32-30/h1-18,31H. The molecule has 2 nitrogen and oxygen atoms in total. The topological polar surface area (TPSA) is 28.9 Å². The highest BCUT2D eigenvalue weighted by molar-refractivity contribution is 6.08. The summed E-state index contributed by atoms with van der Waals surface area (Å²) in [6, 6.07) is 38.6. The summed E-state index contributed by atoms with van der Waals surface area (Å²) in [5, 5.41) is 4.85.